The van der Waals surface area contributed by atoms with Crippen LogP contribution in [-0.4, -0.2) is 25.7 Å². The Morgan fingerprint density at radius 2 is 2.07 bits per heavy atom. The lowest BCUT2D eigenvalue weighted by molar-refractivity contribution is -0.125. The van der Waals surface area contributed by atoms with Crippen LogP contribution in [0.1, 0.15) is 39.0 Å². The van der Waals surface area contributed by atoms with Crippen LogP contribution in [0.4, 0.5) is 0 Å². The van der Waals surface area contributed by atoms with E-state index in [2.05, 4.69) is 12.2 Å². The van der Waals surface area contributed by atoms with Gasteiger partial charge in [0.2, 0.25) is 5.91 Å². The second-order valence-corrected chi connectivity index (χ2v) is 4.22. The lowest BCUT2D eigenvalue weighted by Gasteiger charge is -2.22. The molecule has 2 unspecified atom stereocenters. The molecule has 2 atom stereocenters. The number of rotatable bonds is 3. The van der Waals surface area contributed by atoms with Gasteiger partial charge in [0.15, 0.2) is 0 Å². The minimum atomic E-state index is 0.0197. The fraction of sp³-hybridized carbons (Fsp3) is 0.909. The number of ether oxygens (including phenoxy) is 1. The summed E-state index contributed by atoms with van der Waals surface area (Å²) in [5.74, 6) is 0.629. The Morgan fingerprint density at radius 3 is 2.79 bits per heavy atom. The predicted molar refractivity (Wildman–Crippen MR) is 56.1 cm³/mol. The van der Waals surface area contributed by atoms with Gasteiger partial charge in [-0.3, -0.25) is 4.79 Å². The smallest absolute Gasteiger partial charge is 0.246 e. The third kappa shape index (κ3) is 3.66. The van der Waals surface area contributed by atoms with Crippen LogP contribution in [0.15, 0.2) is 0 Å². The van der Waals surface area contributed by atoms with Crippen molar-refractivity contribution in [1.29, 1.82) is 0 Å². The van der Waals surface area contributed by atoms with Crippen LogP contribution in [-0.2, 0) is 9.53 Å². The summed E-state index contributed by atoms with van der Waals surface area (Å²) in [5, 5.41) is 3.05. The van der Waals surface area contributed by atoms with E-state index in [1.807, 2.05) is 0 Å². The molecule has 1 amide bonds. The highest BCUT2D eigenvalue weighted by molar-refractivity contribution is 5.77. The largest absolute Gasteiger partial charge is 0.375 e. The molecule has 0 saturated heterocycles. The van der Waals surface area contributed by atoms with Crippen LogP contribution < -0.4 is 5.32 Å². The molecule has 0 aromatic rings. The summed E-state index contributed by atoms with van der Waals surface area (Å²) in [5.41, 5.74) is 0. The number of carbonyl (C=O) groups is 1. The van der Waals surface area contributed by atoms with Gasteiger partial charge in [0.05, 0.1) is 0 Å². The van der Waals surface area contributed by atoms with Gasteiger partial charge in [-0.25, -0.2) is 0 Å². The fourth-order valence-electron chi connectivity index (χ4n) is 2.09. The molecule has 0 aromatic carbocycles. The zero-order valence-electron chi connectivity index (χ0n) is 9.21. The molecule has 1 rings (SSSR count). The van der Waals surface area contributed by atoms with Crippen molar-refractivity contribution in [3.63, 3.8) is 0 Å². The summed E-state index contributed by atoms with van der Waals surface area (Å²) >= 11 is 0. The van der Waals surface area contributed by atoms with E-state index in [-0.39, 0.29) is 12.5 Å². The maximum absolute atomic E-state index is 11.3. The van der Waals surface area contributed by atoms with Crippen LogP contribution in [0, 0.1) is 5.92 Å². The normalized spacial score (nSPS) is 28.1. The molecule has 3 nitrogen and oxygen atoms in total. The number of carbonyl (C=O) groups excluding carboxylic acids is 1. The Kier molecular flexibility index (Phi) is 4.94. The monoisotopic (exact) mass is 199 g/mol. The highest BCUT2D eigenvalue weighted by atomic mass is 16.5. The van der Waals surface area contributed by atoms with Crippen LogP contribution in [0.2, 0.25) is 0 Å². The van der Waals surface area contributed by atoms with Crippen LogP contribution in [0.25, 0.3) is 0 Å². The quantitative estimate of drug-likeness (QED) is 0.703. The Bertz CT molecular complexity index is 182. The average molecular weight is 199 g/mol. The Labute approximate surface area is 86.2 Å². The third-order valence-electron chi connectivity index (χ3n) is 2.98. The van der Waals surface area contributed by atoms with Crippen molar-refractivity contribution in [2.75, 3.05) is 13.7 Å². The van der Waals surface area contributed by atoms with E-state index in [0.717, 1.165) is 6.42 Å². The first-order valence-electron chi connectivity index (χ1n) is 5.52. The lowest BCUT2D eigenvalue weighted by Crippen LogP contribution is -2.40. The van der Waals surface area contributed by atoms with Crippen LogP contribution in [0.3, 0.4) is 0 Å². The Morgan fingerprint density at radius 1 is 1.36 bits per heavy atom. The van der Waals surface area contributed by atoms with Gasteiger partial charge < -0.3 is 10.1 Å². The summed E-state index contributed by atoms with van der Waals surface area (Å²) in [6.45, 7) is 2.41. The Hall–Kier alpha value is -0.570. The van der Waals surface area contributed by atoms with E-state index in [4.69, 9.17) is 4.74 Å². The van der Waals surface area contributed by atoms with Gasteiger partial charge in [-0.05, 0) is 18.8 Å². The number of hydrogen-bond donors (Lipinski definition) is 1. The molecule has 1 aliphatic rings. The van der Waals surface area contributed by atoms with E-state index in [0.29, 0.717) is 12.0 Å². The van der Waals surface area contributed by atoms with Gasteiger partial charge in [-0.1, -0.05) is 26.2 Å². The van der Waals surface area contributed by atoms with Crippen molar-refractivity contribution in [2.24, 2.45) is 5.92 Å². The second kappa shape index (κ2) is 6.02. The average Bonchev–Trinajstić information content (AvgIpc) is 2.33. The minimum Gasteiger partial charge on any atom is -0.375 e. The van der Waals surface area contributed by atoms with Crippen molar-refractivity contribution >= 4 is 5.91 Å². The fourth-order valence-corrected chi connectivity index (χ4v) is 2.09. The molecule has 0 aliphatic heterocycles. The van der Waals surface area contributed by atoms with Gasteiger partial charge in [0.1, 0.15) is 6.61 Å². The van der Waals surface area contributed by atoms with Crippen LogP contribution in [0.5, 0.6) is 0 Å². The second-order valence-electron chi connectivity index (χ2n) is 4.22. The van der Waals surface area contributed by atoms with E-state index in [1.165, 1.54) is 25.7 Å². The molecule has 1 aliphatic carbocycles. The first-order valence-corrected chi connectivity index (χ1v) is 5.52. The van der Waals surface area contributed by atoms with E-state index in [1.54, 1.807) is 7.11 Å². The SMILES string of the molecule is COCC(=O)NC1CCCCCC1C. The number of hydrogen-bond acceptors (Lipinski definition) is 2. The number of nitrogens with one attached hydrogen (secondary N) is 1. The first-order chi connectivity index (χ1) is 6.74. The predicted octanol–water partition coefficient (Wildman–Crippen LogP) is 1.72. The molecule has 0 heterocycles. The summed E-state index contributed by atoms with van der Waals surface area (Å²) in [7, 11) is 1.55. The molecule has 3 heteroatoms. The highest BCUT2D eigenvalue weighted by Gasteiger charge is 2.21. The summed E-state index contributed by atoms with van der Waals surface area (Å²) < 4.78 is 4.80. The Balaban J connectivity index is 2.36. The number of methoxy groups -OCH3 is 1. The van der Waals surface area contributed by atoms with Crippen LogP contribution >= 0.6 is 0 Å². The number of amides is 1. The van der Waals surface area contributed by atoms with Gasteiger partial charge in [-0.15, -0.1) is 0 Å². The van der Waals surface area contributed by atoms with Crippen molar-refractivity contribution in [3.05, 3.63) is 0 Å². The van der Waals surface area contributed by atoms with Crippen molar-refractivity contribution in [3.8, 4) is 0 Å². The molecule has 14 heavy (non-hydrogen) atoms. The molecule has 0 aromatic heterocycles. The minimum absolute atomic E-state index is 0.0197. The molecular formula is C11H21NO2. The summed E-state index contributed by atoms with van der Waals surface area (Å²) in [6.07, 6.45) is 6.20. The molecule has 0 bridgehead atoms. The standard InChI is InChI=1S/C11H21NO2/c1-9-6-4-3-5-7-10(9)12-11(13)8-14-2/h9-10H,3-8H2,1-2H3,(H,12,13). The highest BCUT2D eigenvalue weighted by Crippen LogP contribution is 2.22. The lowest BCUT2D eigenvalue weighted by atomic mass is 9.97. The maximum atomic E-state index is 11.3. The molecular weight excluding hydrogens is 178 g/mol. The molecule has 82 valence electrons. The molecule has 1 saturated carbocycles. The molecule has 1 N–H and O–H groups in total. The zero-order valence-corrected chi connectivity index (χ0v) is 9.21. The van der Waals surface area contributed by atoms with E-state index in [9.17, 15) is 4.79 Å². The maximum Gasteiger partial charge on any atom is 0.246 e. The van der Waals surface area contributed by atoms with Crippen molar-refractivity contribution < 1.29 is 9.53 Å². The summed E-state index contributed by atoms with van der Waals surface area (Å²) in [6, 6.07) is 0.361. The van der Waals surface area contributed by atoms with Gasteiger partial charge in [-0.2, -0.15) is 0 Å². The van der Waals surface area contributed by atoms with Gasteiger partial charge >= 0.3 is 0 Å². The van der Waals surface area contributed by atoms with E-state index >= 15 is 0 Å². The zero-order chi connectivity index (χ0) is 10.4. The topological polar surface area (TPSA) is 38.3 Å². The van der Waals surface area contributed by atoms with Crippen molar-refractivity contribution in [1.82, 2.24) is 5.32 Å². The van der Waals surface area contributed by atoms with Gasteiger partial charge in [0, 0.05) is 13.2 Å². The molecule has 1 fully saturated rings. The molecule has 0 radical (unpaired) electrons. The summed E-state index contributed by atoms with van der Waals surface area (Å²) in [4.78, 5) is 11.3. The third-order valence-corrected chi connectivity index (χ3v) is 2.98. The first kappa shape index (κ1) is 11.5. The van der Waals surface area contributed by atoms with E-state index < -0.39 is 0 Å². The van der Waals surface area contributed by atoms with Crippen molar-refractivity contribution in [2.45, 2.75) is 45.1 Å². The molecule has 0 spiro atoms. The van der Waals surface area contributed by atoms with Gasteiger partial charge in [0.25, 0.3) is 0 Å².